The Labute approximate surface area is 321 Å². The van der Waals surface area contributed by atoms with E-state index < -0.39 is 10.8 Å². The lowest BCUT2D eigenvalue weighted by Gasteiger charge is -2.45. The second kappa shape index (κ2) is 9.31. The van der Waals surface area contributed by atoms with Crippen LogP contribution in [0.5, 0.6) is 0 Å². The highest BCUT2D eigenvalue weighted by Gasteiger charge is 2.71. The minimum Gasteiger partial charge on any atom is -0.335 e. The molecule has 0 radical (unpaired) electrons. The second-order valence-electron chi connectivity index (χ2n) is 20.3. The Kier molecular flexibility index (Phi) is 5.43. The largest absolute Gasteiger partial charge is 0.335 e. The molecule has 12 rings (SSSR count). The Balaban J connectivity index is 1.33. The van der Waals surface area contributed by atoms with Gasteiger partial charge in [-0.1, -0.05) is 165 Å². The van der Waals surface area contributed by atoms with Gasteiger partial charge in [-0.25, -0.2) is 0 Å². The lowest BCUT2D eigenvalue weighted by Crippen LogP contribution is -2.53. The zero-order valence-corrected chi connectivity index (χ0v) is 33.0. The molecule has 0 amide bonds. The van der Waals surface area contributed by atoms with Gasteiger partial charge in [0.15, 0.2) is 0 Å². The molecule has 0 saturated heterocycles. The summed E-state index contributed by atoms with van der Waals surface area (Å²) in [6, 6.07) is 48.6. The van der Waals surface area contributed by atoms with Crippen LogP contribution in [0.25, 0.3) is 22.3 Å². The maximum atomic E-state index is 2.91. The van der Waals surface area contributed by atoms with Gasteiger partial charge in [0.1, 0.15) is 0 Å². The van der Waals surface area contributed by atoms with Gasteiger partial charge in [-0.15, -0.1) is 0 Å². The summed E-state index contributed by atoms with van der Waals surface area (Å²) in [6.45, 7) is 19.9. The number of hydrogen-bond acceptors (Lipinski definition) is 1. The summed E-state index contributed by atoms with van der Waals surface area (Å²) in [5.41, 5.74) is 22.8. The zero-order valence-electron chi connectivity index (χ0n) is 33.0. The Morgan fingerprint density at radius 2 is 0.630 bits per heavy atom. The molecule has 0 fully saturated rings. The van der Waals surface area contributed by atoms with E-state index in [0.29, 0.717) is 0 Å². The van der Waals surface area contributed by atoms with Crippen LogP contribution in [-0.2, 0) is 32.5 Å². The normalized spacial score (nSPS) is 22.0. The van der Waals surface area contributed by atoms with E-state index in [-0.39, 0.29) is 27.7 Å². The van der Waals surface area contributed by atoms with Gasteiger partial charge in [0.2, 0.25) is 0 Å². The fraction of sp³-hybridized carbons (Fsp3) is 0.321. The zero-order chi connectivity index (χ0) is 36.9. The molecule has 266 valence electrons. The van der Waals surface area contributed by atoms with Crippen LogP contribution < -0.4 is 4.90 Å². The number of benzene rings is 6. The molecule has 1 nitrogen and oxygen atoms in total. The third-order valence-corrected chi connectivity index (χ3v) is 15.4. The third kappa shape index (κ3) is 3.27. The number of anilines is 2. The SMILES string of the molecule is CC1(C)CC(C)(C)c2cc3c(cc21)N1c2cc4c(cc2C2(c5ccccc5-c5ccccc52)C1C31c2ccccc2-c2ccccc21)C(C)(C)CC4(C)C. The molecule has 0 aromatic heterocycles. The van der Waals surface area contributed by atoms with Gasteiger partial charge in [0.05, 0.1) is 16.9 Å². The quantitative estimate of drug-likeness (QED) is 0.153. The first-order chi connectivity index (χ1) is 25.7. The van der Waals surface area contributed by atoms with Gasteiger partial charge in [0.25, 0.3) is 0 Å². The van der Waals surface area contributed by atoms with Crippen molar-refractivity contribution < 1.29 is 0 Å². The predicted molar refractivity (Wildman–Crippen MR) is 224 cm³/mol. The molecular weight excluding hydrogens is 651 g/mol. The molecule has 0 N–H and O–H groups in total. The predicted octanol–water partition coefficient (Wildman–Crippen LogP) is 12.8. The summed E-state index contributed by atoms with van der Waals surface area (Å²) in [6.07, 6.45) is 2.31. The fourth-order valence-electron chi connectivity index (χ4n) is 14.2. The highest BCUT2D eigenvalue weighted by molar-refractivity contribution is 5.99. The molecule has 6 aliphatic rings. The summed E-state index contributed by atoms with van der Waals surface area (Å²) in [7, 11) is 0. The van der Waals surface area contributed by atoms with E-state index in [2.05, 4.69) is 182 Å². The lowest BCUT2D eigenvalue weighted by atomic mass is 9.56. The Hall–Kier alpha value is -4.88. The maximum Gasteiger partial charge on any atom is 0.0706 e. The Morgan fingerprint density at radius 3 is 0.944 bits per heavy atom. The molecule has 6 aromatic carbocycles. The summed E-state index contributed by atoms with van der Waals surface area (Å²) < 4.78 is 0. The smallest absolute Gasteiger partial charge is 0.0706 e. The summed E-state index contributed by atoms with van der Waals surface area (Å²) in [5.74, 6) is 0. The van der Waals surface area contributed by atoms with E-state index in [1.54, 1.807) is 0 Å². The van der Waals surface area contributed by atoms with Crippen LogP contribution in [-0.4, -0.2) is 6.04 Å². The minimum absolute atomic E-state index is 0.0482. The molecule has 2 spiro atoms. The number of hydrogen-bond donors (Lipinski definition) is 0. The van der Waals surface area contributed by atoms with Crippen molar-refractivity contribution in [3.63, 3.8) is 0 Å². The van der Waals surface area contributed by atoms with Crippen LogP contribution in [0.1, 0.15) is 124 Å². The summed E-state index contributed by atoms with van der Waals surface area (Å²) in [4.78, 5) is 2.91. The van der Waals surface area contributed by atoms with Crippen LogP contribution in [0, 0.1) is 0 Å². The Morgan fingerprint density at radius 1 is 0.352 bits per heavy atom. The monoisotopic (exact) mass is 699 g/mol. The van der Waals surface area contributed by atoms with Crippen molar-refractivity contribution in [3.05, 3.63) is 177 Å². The molecule has 0 unspecified atom stereocenters. The van der Waals surface area contributed by atoms with Gasteiger partial charge in [-0.2, -0.15) is 0 Å². The van der Waals surface area contributed by atoms with Crippen molar-refractivity contribution >= 4 is 11.4 Å². The van der Waals surface area contributed by atoms with Crippen LogP contribution >= 0.6 is 0 Å². The molecule has 54 heavy (non-hydrogen) atoms. The van der Waals surface area contributed by atoms with Gasteiger partial charge in [-0.3, -0.25) is 0 Å². The van der Waals surface area contributed by atoms with Crippen LogP contribution in [0.2, 0.25) is 0 Å². The molecular formula is C53H49N. The number of fused-ring (bicyclic) bond motifs is 21. The molecule has 2 aliphatic heterocycles. The van der Waals surface area contributed by atoms with Crippen LogP contribution in [0.3, 0.4) is 0 Å². The van der Waals surface area contributed by atoms with Gasteiger partial charge in [0, 0.05) is 11.4 Å². The van der Waals surface area contributed by atoms with Crippen molar-refractivity contribution in [3.8, 4) is 22.3 Å². The van der Waals surface area contributed by atoms with E-state index in [4.69, 9.17) is 0 Å². The highest BCUT2D eigenvalue weighted by Crippen LogP contribution is 2.75. The van der Waals surface area contributed by atoms with E-state index in [1.165, 1.54) is 89.3 Å². The first-order valence-corrected chi connectivity index (χ1v) is 20.3. The van der Waals surface area contributed by atoms with E-state index in [1.807, 2.05) is 0 Å². The first-order valence-electron chi connectivity index (χ1n) is 20.3. The molecule has 0 saturated carbocycles. The number of rotatable bonds is 0. The lowest BCUT2D eigenvalue weighted by molar-refractivity contribution is 0.399. The van der Waals surface area contributed by atoms with Crippen molar-refractivity contribution in [2.24, 2.45) is 0 Å². The Bertz CT molecular complexity index is 2420. The molecule has 1 heteroatoms. The van der Waals surface area contributed by atoms with Crippen molar-refractivity contribution in [2.45, 2.75) is 107 Å². The van der Waals surface area contributed by atoms with E-state index in [0.717, 1.165) is 12.8 Å². The van der Waals surface area contributed by atoms with Crippen molar-refractivity contribution in [1.82, 2.24) is 0 Å². The minimum atomic E-state index is -0.417. The van der Waals surface area contributed by atoms with Gasteiger partial charge in [-0.05, 0) is 125 Å². The highest BCUT2D eigenvalue weighted by atomic mass is 15.3. The fourth-order valence-corrected chi connectivity index (χ4v) is 14.2. The van der Waals surface area contributed by atoms with E-state index in [9.17, 15) is 0 Å². The second-order valence-corrected chi connectivity index (χ2v) is 20.3. The van der Waals surface area contributed by atoms with Gasteiger partial charge >= 0.3 is 0 Å². The van der Waals surface area contributed by atoms with Crippen LogP contribution in [0.15, 0.2) is 121 Å². The molecule has 0 bridgehead atoms. The average molecular weight is 700 g/mol. The topological polar surface area (TPSA) is 3.24 Å². The summed E-state index contributed by atoms with van der Waals surface area (Å²) >= 11 is 0. The van der Waals surface area contributed by atoms with Crippen molar-refractivity contribution in [2.75, 3.05) is 4.90 Å². The summed E-state index contributed by atoms with van der Waals surface area (Å²) in [5, 5.41) is 0. The molecule has 0 atom stereocenters. The number of nitrogens with zero attached hydrogens (tertiary/aromatic N) is 1. The third-order valence-electron chi connectivity index (χ3n) is 15.4. The molecule has 4 aliphatic carbocycles. The average Bonchev–Trinajstić information content (AvgIpc) is 3.89. The van der Waals surface area contributed by atoms with E-state index >= 15 is 0 Å². The molecule has 6 aromatic rings. The van der Waals surface area contributed by atoms with Crippen LogP contribution in [0.4, 0.5) is 11.4 Å². The first kappa shape index (κ1) is 31.5. The van der Waals surface area contributed by atoms with Crippen molar-refractivity contribution in [1.29, 1.82) is 0 Å². The van der Waals surface area contributed by atoms with Gasteiger partial charge < -0.3 is 4.90 Å². The standard InChI is InChI=1S/C53H49N/c1-48(2)29-50(5,6)41-27-45-43(25-39(41)48)52(35-21-13-9-17-31(35)32-18-10-14-22-36(32)52)47-53(37-23-15-11-19-33(37)34-20-12-16-24-38(34)53)44-26-40-42(28-46(44)54(45)47)51(7,8)30-49(40,3)4/h9-28,47H,29-30H2,1-8H3. The molecule has 2 heterocycles. The maximum absolute atomic E-state index is 2.91.